The van der Waals surface area contributed by atoms with Gasteiger partial charge >= 0.3 is 6.18 Å². The van der Waals surface area contributed by atoms with Crippen LogP contribution in [0.25, 0.3) is 0 Å². The lowest BCUT2D eigenvalue weighted by atomic mass is 10.2. The molecule has 100 valence electrons. The predicted octanol–water partition coefficient (Wildman–Crippen LogP) is 3.79. The normalized spacial score (nSPS) is 11.6. The van der Waals surface area contributed by atoms with Crippen LogP contribution < -0.4 is 0 Å². The van der Waals surface area contributed by atoms with E-state index in [1.807, 2.05) is 0 Å². The highest BCUT2D eigenvalue weighted by Crippen LogP contribution is 2.29. The Morgan fingerprint density at radius 2 is 1.68 bits per heavy atom. The maximum Gasteiger partial charge on any atom is 0.433 e. The summed E-state index contributed by atoms with van der Waals surface area (Å²) < 4.78 is 37.2. The smallest absolute Gasteiger partial charge is 0.239 e. The second-order valence-corrected chi connectivity index (χ2v) is 4.43. The first-order chi connectivity index (χ1) is 8.86. The topological polar surface area (TPSA) is 38.7 Å². The maximum absolute atomic E-state index is 12.4. The Hall–Kier alpha value is -1.40. The number of hydrogen-bond donors (Lipinski definition) is 0. The summed E-state index contributed by atoms with van der Waals surface area (Å²) in [7, 11) is 0. The summed E-state index contributed by atoms with van der Waals surface area (Å²) in [6.07, 6.45) is -1.54. The number of pyridine rings is 1. The molecule has 0 aliphatic carbocycles. The van der Waals surface area contributed by atoms with Crippen LogP contribution in [0.15, 0.2) is 24.5 Å². The minimum absolute atomic E-state index is 0.182. The van der Waals surface area contributed by atoms with E-state index < -0.39 is 11.9 Å². The summed E-state index contributed by atoms with van der Waals surface area (Å²) in [6, 6.07) is 2.13. The van der Waals surface area contributed by atoms with Crippen LogP contribution in [-0.2, 0) is 12.6 Å². The van der Waals surface area contributed by atoms with E-state index in [4.69, 9.17) is 23.2 Å². The third-order valence-corrected chi connectivity index (χ3v) is 2.76. The van der Waals surface area contributed by atoms with Gasteiger partial charge in [0.25, 0.3) is 0 Å². The van der Waals surface area contributed by atoms with Crippen molar-refractivity contribution in [3.63, 3.8) is 0 Å². The Bertz CT molecular complexity index is 585. The van der Waals surface area contributed by atoms with Gasteiger partial charge in [0, 0.05) is 18.8 Å². The van der Waals surface area contributed by atoms with Crippen molar-refractivity contribution in [2.75, 3.05) is 0 Å². The molecule has 0 saturated carbocycles. The van der Waals surface area contributed by atoms with Crippen LogP contribution in [0.4, 0.5) is 13.2 Å². The zero-order valence-electron chi connectivity index (χ0n) is 9.25. The molecule has 0 fully saturated rings. The van der Waals surface area contributed by atoms with Crippen molar-refractivity contribution in [1.29, 1.82) is 0 Å². The third kappa shape index (κ3) is 3.54. The van der Waals surface area contributed by atoms with E-state index in [0.717, 1.165) is 6.07 Å². The Kier molecular flexibility index (Phi) is 3.91. The number of aromatic nitrogens is 3. The van der Waals surface area contributed by atoms with E-state index in [0.29, 0.717) is 16.4 Å². The van der Waals surface area contributed by atoms with E-state index in [9.17, 15) is 13.2 Å². The molecule has 2 aromatic rings. The number of rotatable bonds is 2. The SMILES string of the molecule is FC(F)(F)c1ccc(Cc2ncc(Cl)cn2)c(Cl)n1. The van der Waals surface area contributed by atoms with Gasteiger partial charge in [0.05, 0.1) is 5.02 Å². The lowest BCUT2D eigenvalue weighted by Crippen LogP contribution is -2.09. The molecule has 0 saturated heterocycles. The zero-order valence-corrected chi connectivity index (χ0v) is 10.8. The van der Waals surface area contributed by atoms with Crippen LogP contribution in [0.5, 0.6) is 0 Å². The summed E-state index contributed by atoms with van der Waals surface area (Å²) in [5, 5.41) is 0.161. The van der Waals surface area contributed by atoms with Crippen molar-refractivity contribution < 1.29 is 13.2 Å². The van der Waals surface area contributed by atoms with Crippen LogP contribution in [0.1, 0.15) is 17.1 Å². The standard InChI is InChI=1S/C11H6Cl2F3N3/c12-7-4-17-9(18-5-7)3-6-1-2-8(11(14,15)16)19-10(6)13/h1-2,4-5H,3H2. The number of halogens is 5. The van der Waals surface area contributed by atoms with Crippen molar-refractivity contribution in [2.45, 2.75) is 12.6 Å². The van der Waals surface area contributed by atoms with E-state index in [1.165, 1.54) is 18.5 Å². The summed E-state index contributed by atoms with van der Waals surface area (Å²) in [6.45, 7) is 0. The molecule has 0 N–H and O–H groups in total. The number of hydrogen-bond acceptors (Lipinski definition) is 3. The lowest BCUT2D eigenvalue weighted by molar-refractivity contribution is -0.141. The van der Waals surface area contributed by atoms with E-state index in [1.54, 1.807) is 0 Å². The lowest BCUT2D eigenvalue weighted by Gasteiger charge is -2.08. The van der Waals surface area contributed by atoms with E-state index in [2.05, 4.69) is 15.0 Å². The number of alkyl halides is 3. The summed E-state index contributed by atoms with van der Waals surface area (Å²) in [4.78, 5) is 11.2. The highest BCUT2D eigenvalue weighted by molar-refractivity contribution is 6.30. The Morgan fingerprint density at radius 1 is 1.05 bits per heavy atom. The largest absolute Gasteiger partial charge is 0.433 e. The van der Waals surface area contributed by atoms with Crippen molar-refractivity contribution >= 4 is 23.2 Å². The minimum atomic E-state index is -4.51. The highest BCUT2D eigenvalue weighted by Gasteiger charge is 2.32. The molecule has 19 heavy (non-hydrogen) atoms. The molecule has 2 aromatic heterocycles. The third-order valence-electron chi connectivity index (χ3n) is 2.24. The van der Waals surface area contributed by atoms with Gasteiger partial charge in [-0.15, -0.1) is 0 Å². The summed E-state index contributed by atoms with van der Waals surface area (Å²) >= 11 is 11.4. The molecule has 0 atom stereocenters. The molecule has 0 radical (unpaired) electrons. The molecule has 0 amide bonds. The average Bonchev–Trinajstić information content (AvgIpc) is 2.33. The summed E-state index contributed by atoms with van der Waals surface area (Å²) in [5.41, 5.74) is -0.615. The van der Waals surface area contributed by atoms with Gasteiger partial charge in [-0.2, -0.15) is 13.2 Å². The van der Waals surface area contributed by atoms with E-state index in [-0.39, 0.29) is 11.6 Å². The first kappa shape index (κ1) is 14.0. The van der Waals surface area contributed by atoms with Gasteiger partial charge < -0.3 is 0 Å². The minimum Gasteiger partial charge on any atom is -0.239 e. The van der Waals surface area contributed by atoms with Crippen molar-refractivity contribution in [2.24, 2.45) is 0 Å². The molecule has 2 heterocycles. The van der Waals surface area contributed by atoms with Crippen LogP contribution in [-0.4, -0.2) is 15.0 Å². The second-order valence-electron chi connectivity index (χ2n) is 3.64. The molecule has 3 nitrogen and oxygen atoms in total. The van der Waals surface area contributed by atoms with Crippen molar-refractivity contribution in [3.8, 4) is 0 Å². The molecular formula is C11H6Cl2F3N3. The van der Waals surface area contributed by atoms with Crippen molar-refractivity contribution in [1.82, 2.24) is 15.0 Å². The highest BCUT2D eigenvalue weighted by atomic mass is 35.5. The van der Waals surface area contributed by atoms with Crippen LogP contribution in [0.3, 0.4) is 0 Å². The van der Waals surface area contributed by atoms with Gasteiger partial charge in [-0.3, -0.25) is 0 Å². The predicted molar refractivity (Wildman–Crippen MR) is 64.1 cm³/mol. The van der Waals surface area contributed by atoms with Crippen LogP contribution in [0.2, 0.25) is 10.2 Å². The molecule has 0 unspecified atom stereocenters. The maximum atomic E-state index is 12.4. The van der Waals surface area contributed by atoms with Crippen LogP contribution in [0, 0.1) is 0 Å². The van der Waals surface area contributed by atoms with Gasteiger partial charge in [-0.25, -0.2) is 15.0 Å². The number of nitrogens with zero attached hydrogens (tertiary/aromatic N) is 3. The molecular weight excluding hydrogens is 302 g/mol. The monoisotopic (exact) mass is 307 g/mol. The Labute approximate surface area is 116 Å². The van der Waals surface area contributed by atoms with Gasteiger partial charge in [0.2, 0.25) is 0 Å². The zero-order chi connectivity index (χ0) is 14.0. The summed E-state index contributed by atoms with van der Waals surface area (Å²) in [5.74, 6) is 0.396. The molecule has 0 aliphatic rings. The van der Waals surface area contributed by atoms with Gasteiger partial charge in [-0.05, 0) is 11.6 Å². The molecule has 0 spiro atoms. The Morgan fingerprint density at radius 3 is 2.21 bits per heavy atom. The fourth-order valence-electron chi connectivity index (χ4n) is 1.35. The van der Waals surface area contributed by atoms with Gasteiger partial charge in [0.1, 0.15) is 16.7 Å². The van der Waals surface area contributed by atoms with Crippen molar-refractivity contribution in [3.05, 3.63) is 51.8 Å². The first-order valence-corrected chi connectivity index (χ1v) is 5.81. The Balaban J connectivity index is 2.24. The molecule has 8 heteroatoms. The molecule has 0 aromatic carbocycles. The average molecular weight is 308 g/mol. The van der Waals surface area contributed by atoms with E-state index >= 15 is 0 Å². The fraction of sp³-hybridized carbons (Fsp3) is 0.182. The fourth-order valence-corrected chi connectivity index (χ4v) is 1.67. The van der Waals surface area contributed by atoms with Crippen LogP contribution >= 0.6 is 23.2 Å². The first-order valence-electron chi connectivity index (χ1n) is 5.05. The molecule has 0 bridgehead atoms. The quantitative estimate of drug-likeness (QED) is 0.792. The molecule has 0 aliphatic heterocycles. The molecule has 2 rings (SSSR count). The van der Waals surface area contributed by atoms with Gasteiger partial charge in [0.15, 0.2) is 0 Å². The second kappa shape index (κ2) is 5.30. The van der Waals surface area contributed by atoms with Gasteiger partial charge in [-0.1, -0.05) is 29.3 Å².